The quantitative estimate of drug-likeness (QED) is 0.921. The second-order valence-corrected chi connectivity index (χ2v) is 4.72. The van der Waals surface area contributed by atoms with Crippen molar-refractivity contribution in [3.05, 3.63) is 51.3 Å². The molecular weight excluding hydrogens is 243 g/mol. The summed E-state index contributed by atoms with van der Waals surface area (Å²) in [4.78, 5) is 19.0. The van der Waals surface area contributed by atoms with Gasteiger partial charge in [-0.3, -0.25) is 4.79 Å². The lowest BCUT2D eigenvalue weighted by atomic mass is 10.0. The van der Waals surface area contributed by atoms with E-state index in [1.54, 1.807) is 19.1 Å². The van der Waals surface area contributed by atoms with Gasteiger partial charge in [0.25, 0.3) is 5.56 Å². The monoisotopic (exact) mass is 260 g/mol. The number of aryl methyl sites for hydroxylation is 2. The Balaban J connectivity index is 2.67. The third kappa shape index (κ3) is 2.72. The van der Waals surface area contributed by atoms with Crippen molar-refractivity contribution in [2.24, 2.45) is 0 Å². The molecule has 0 atom stereocenters. The molecule has 0 aliphatic carbocycles. The first-order chi connectivity index (χ1) is 9.02. The average molecular weight is 260 g/mol. The lowest BCUT2D eigenvalue weighted by Gasteiger charge is -2.09. The van der Waals surface area contributed by atoms with Gasteiger partial charge in [0, 0.05) is 17.5 Å². The predicted molar refractivity (Wildman–Crippen MR) is 73.7 cm³/mol. The van der Waals surface area contributed by atoms with Gasteiger partial charge >= 0.3 is 0 Å². The maximum atomic E-state index is 13.9. The first-order valence-corrected chi connectivity index (χ1v) is 6.39. The normalized spacial score (nSPS) is 10.7. The van der Waals surface area contributed by atoms with E-state index in [2.05, 4.69) is 9.97 Å². The number of hydrogen-bond donors (Lipinski definition) is 1. The molecule has 0 saturated carbocycles. The van der Waals surface area contributed by atoms with Gasteiger partial charge < -0.3 is 4.98 Å². The fourth-order valence-corrected chi connectivity index (χ4v) is 2.02. The number of rotatable bonds is 3. The molecule has 3 nitrogen and oxygen atoms in total. The molecule has 0 spiro atoms. The van der Waals surface area contributed by atoms with Crippen LogP contribution < -0.4 is 5.56 Å². The number of halogens is 1. The predicted octanol–water partition coefficient (Wildman–Crippen LogP) is 3.15. The van der Waals surface area contributed by atoms with Crippen molar-refractivity contribution in [2.75, 3.05) is 0 Å². The highest BCUT2D eigenvalue weighted by molar-refractivity contribution is 5.64. The lowest BCUT2D eigenvalue weighted by molar-refractivity contribution is 0.629. The molecule has 0 saturated heterocycles. The molecule has 1 heterocycles. The van der Waals surface area contributed by atoms with Gasteiger partial charge in [-0.2, -0.15) is 0 Å². The smallest absolute Gasteiger partial charge is 0.254 e. The summed E-state index contributed by atoms with van der Waals surface area (Å²) in [6.45, 7) is 5.56. The van der Waals surface area contributed by atoms with E-state index >= 15 is 0 Å². The van der Waals surface area contributed by atoms with Gasteiger partial charge in [-0.25, -0.2) is 9.37 Å². The molecule has 0 aliphatic rings. The standard InChI is InChI=1S/C15H17FN2O/c1-4-5-13-17-14(10(3)15(19)18-13)11-8-9(2)6-7-12(11)16/h6-8H,4-5H2,1-3H3,(H,17,18,19). The number of nitrogens with zero attached hydrogens (tertiary/aromatic N) is 1. The Morgan fingerprint density at radius 1 is 1.32 bits per heavy atom. The fourth-order valence-electron chi connectivity index (χ4n) is 2.02. The molecule has 19 heavy (non-hydrogen) atoms. The zero-order chi connectivity index (χ0) is 14.0. The van der Waals surface area contributed by atoms with Crippen LogP contribution in [-0.4, -0.2) is 9.97 Å². The SMILES string of the molecule is CCCc1nc(-c2cc(C)ccc2F)c(C)c(=O)[nH]1. The molecule has 1 aromatic carbocycles. The van der Waals surface area contributed by atoms with Gasteiger partial charge in [-0.1, -0.05) is 18.6 Å². The Labute approximate surface area is 111 Å². The zero-order valence-electron chi connectivity index (χ0n) is 11.4. The van der Waals surface area contributed by atoms with Crippen LogP contribution in [0, 0.1) is 19.7 Å². The minimum absolute atomic E-state index is 0.200. The summed E-state index contributed by atoms with van der Waals surface area (Å²) in [5.74, 6) is 0.253. The number of H-pyrrole nitrogens is 1. The van der Waals surface area contributed by atoms with E-state index in [1.165, 1.54) is 6.07 Å². The number of hydrogen-bond acceptors (Lipinski definition) is 2. The summed E-state index contributed by atoms with van der Waals surface area (Å²) in [6.07, 6.45) is 1.55. The van der Waals surface area contributed by atoms with Crippen LogP contribution in [0.5, 0.6) is 0 Å². The van der Waals surface area contributed by atoms with Gasteiger partial charge in [-0.15, -0.1) is 0 Å². The average Bonchev–Trinajstić information content (AvgIpc) is 2.37. The van der Waals surface area contributed by atoms with E-state index in [-0.39, 0.29) is 11.4 Å². The summed E-state index contributed by atoms with van der Waals surface area (Å²) in [5.41, 5.74) is 2.02. The van der Waals surface area contributed by atoms with E-state index in [0.29, 0.717) is 29.1 Å². The highest BCUT2D eigenvalue weighted by Gasteiger charge is 2.13. The Kier molecular flexibility index (Phi) is 3.79. The summed E-state index contributed by atoms with van der Waals surface area (Å²) < 4.78 is 13.9. The van der Waals surface area contributed by atoms with Crippen LogP contribution in [0.1, 0.15) is 30.3 Å². The molecule has 4 heteroatoms. The molecule has 0 radical (unpaired) electrons. The number of aromatic amines is 1. The lowest BCUT2D eigenvalue weighted by Crippen LogP contribution is -2.16. The van der Waals surface area contributed by atoms with Crippen LogP contribution in [0.25, 0.3) is 11.3 Å². The molecule has 0 amide bonds. The topological polar surface area (TPSA) is 45.8 Å². The van der Waals surface area contributed by atoms with Crippen LogP contribution in [0.4, 0.5) is 4.39 Å². The van der Waals surface area contributed by atoms with E-state index < -0.39 is 0 Å². The molecule has 0 bridgehead atoms. The molecular formula is C15H17FN2O. The van der Waals surface area contributed by atoms with Gasteiger partial charge in [0.2, 0.25) is 0 Å². The highest BCUT2D eigenvalue weighted by atomic mass is 19.1. The molecule has 0 fully saturated rings. The Morgan fingerprint density at radius 2 is 2.05 bits per heavy atom. The first-order valence-electron chi connectivity index (χ1n) is 6.39. The maximum absolute atomic E-state index is 13.9. The van der Waals surface area contributed by atoms with Crippen molar-refractivity contribution in [3.63, 3.8) is 0 Å². The second kappa shape index (κ2) is 5.34. The van der Waals surface area contributed by atoms with E-state index in [4.69, 9.17) is 0 Å². The summed E-state index contributed by atoms with van der Waals surface area (Å²) >= 11 is 0. The van der Waals surface area contributed by atoms with Crippen LogP contribution >= 0.6 is 0 Å². The van der Waals surface area contributed by atoms with Crippen molar-refractivity contribution < 1.29 is 4.39 Å². The van der Waals surface area contributed by atoms with Gasteiger partial charge in [0.05, 0.1) is 5.69 Å². The summed E-state index contributed by atoms with van der Waals surface area (Å²) in [6, 6.07) is 4.83. The molecule has 1 aromatic heterocycles. The molecule has 0 aliphatic heterocycles. The molecule has 100 valence electrons. The summed E-state index contributed by atoms with van der Waals surface area (Å²) in [5, 5.41) is 0. The van der Waals surface area contributed by atoms with Crippen molar-refractivity contribution in [1.82, 2.24) is 9.97 Å². The molecule has 2 aromatic rings. The van der Waals surface area contributed by atoms with Crippen LogP contribution in [-0.2, 0) is 6.42 Å². The number of benzene rings is 1. The van der Waals surface area contributed by atoms with Crippen LogP contribution in [0.3, 0.4) is 0 Å². The Hall–Kier alpha value is -1.97. The van der Waals surface area contributed by atoms with E-state index in [1.807, 2.05) is 13.8 Å². The van der Waals surface area contributed by atoms with Crippen molar-refractivity contribution >= 4 is 0 Å². The Morgan fingerprint density at radius 3 is 2.74 bits per heavy atom. The van der Waals surface area contributed by atoms with Gasteiger partial charge in [-0.05, 0) is 32.4 Å². The van der Waals surface area contributed by atoms with Crippen molar-refractivity contribution in [2.45, 2.75) is 33.6 Å². The third-order valence-corrected chi connectivity index (χ3v) is 3.06. The van der Waals surface area contributed by atoms with Crippen LogP contribution in [0.2, 0.25) is 0 Å². The fraction of sp³-hybridized carbons (Fsp3) is 0.333. The number of aromatic nitrogens is 2. The minimum Gasteiger partial charge on any atom is -0.310 e. The largest absolute Gasteiger partial charge is 0.310 e. The zero-order valence-corrected chi connectivity index (χ0v) is 11.4. The van der Waals surface area contributed by atoms with Gasteiger partial charge in [0.15, 0.2) is 0 Å². The van der Waals surface area contributed by atoms with Gasteiger partial charge in [0.1, 0.15) is 11.6 Å². The first kappa shape index (κ1) is 13.5. The van der Waals surface area contributed by atoms with Crippen molar-refractivity contribution in [3.8, 4) is 11.3 Å². The summed E-state index contributed by atoms with van der Waals surface area (Å²) in [7, 11) is 0. The second-order valence-electron chi connectivity index (χ2n) is 4.72. The van der Waals surface area contributed by atoms with Crippen molar-refractivity contribution in [1.29, 1.82) is 0 Å². The molecule has 1 N–H and O–H groups in total. The minimum atomic E-state index is -0.353. The van der Waals surface area contributed by atoms with E-state index in [0.717, 1.165) is 12.0 Å². The number of nitrogens with one attached hydrogen (secondary N) is 1. The Bertz CT molecular complexity index is 662. The maximum Gasteiger partial charge on any atom is 0.254 e. The van der Waals surface area contributed by atoms with Crippen LogP contribution in [0.15, 0.2) is 23.0 Å². The highest BCUT2D eigenvalue weighted by Crippen LogP contribution is 2.23. The van der Waals surface area contributed by atoms with E-state index in [9.17, 15) is 9.18 Å². The molecule has 2 rings (SSSR count). The molecule has 0 unspecified atom stereocenters. The third-order valence-electron chi connectivity index (χ3n) is 3.06.